The molecule has 1 heterocycles. The highest BCUT2D eigenvalue weighted by Gasteiger charge is 2.23. The minimum atomic E-state index is -0.828. The molecule has 0 bridgehead atoms. The van der Waals surface area contributed by atoms with E-state index in [0.717, 1.165) is 17.0 Å². The molecule has 2 rings (SSSR count). The molecule has 2 aromatic rings. The highest BCUT2D eigenvalue weighted by Crippen LogP contribution is 2.28. The Morgan fingerprint density at radius 1 is 1.20 bits per heavy atom. The second-order valence-corrected chi connectivity index (χ2v) is 2.62. The molecule has 0 aliphatic carbocycles. The van der Waals surface area contributed by atoms with Crippen molar-refractivity contribution in [3.05, 3.63) is 38.4 Å². The Morgan fingerprint density at radius 2 is 1.80 bits per heavy atom. The average Bonchev–Trinajstić information content (AvgIpc) is 2.99. The fraction of sp³-hybridized carbons (Fsp3) is 0. The van der Waals surface area contributed by atoms with Crippen LogP contribution in [0.15, 0.2) is 22.8 Å². The minimum Gasteiger partial charge on any atom is -0.454 e. The summed E-state index contributed by atoms with van der Waals surface area (Å²) in [5.41, 5.74) is -0.888. The molecule has 0 fully saturated rings. The fourth-order valence-corrected chi connectivity index (χ4v) is 1.04. The lowest BCUT2D eigenvalue weighted by molar-refractivity contribution is -0.422. The first-order valence-electron chi connectivity index (χ1n) is 3.70. The number of nitrogens with zero attached hydrogens (tertiary/aromatic N) is 4. The van der Waals surface area contributed by atoms with Crippen LogP contribution in [0.3, 0.4) is 0 Å². The standard InChI is InChI=1S/C6H3N4O5/c11-9(12)5-2-1-4(8-7-15-8)3-6(5)10(13)14/h1-3H/q-1. The lowest BCUT2D eigenvalue weighted by Gasteiger charge is -1.99. The Hall–Kier alpha value is -2.58. The molecule has 0 unspecified atom stereocenters. The van der Waals surface area contributed by atoms with E-state index < -0.39 is 21.2 Å². The van der Waals surface area contributed by atoms with Gasteiger partial charge in [0.05, 0.1) is 9.85 Å². The van der Waals surface area contributed by atoms with E-state index in [1.165, 1.54) is 6.07 Å². The second-order valence-electron chi connectivity index (χ2n) is 2.62. The van der Waals surface area contributed by atoms with E-state index in [9.17, 15) is 20.2 Å². The quantitative estimate of drug-likeness (QED) is 0.548. The van der Waals surface area contributed by atoms with Crippen molar-refractivity contribution in [3.63, 3.8) is 0 Å². The number of aromatic nitrogens is 2. The maximum Gasteiger partial charge on any atom is 0.346 e. The monoisotopic (exact) mass is 211 g/mol. The van der Waals surface area contributed by atoms with Gasteiger partial charge < -0.3 is 4.63 Å². The molecule has 0 atom stereocenters. The first kappa shape index (κ1) is 8.99. The van der Waals surface area contributed by atoms with Crippen LogP contribution in [0.5, 0.6) is 0 Å². The van der Waals surface area contributed by atoms with Crippen LogP contribution in [0.25, 0.3) is 5.69 Å². The predicted octanol–water partition coefficient (Wildman–Crippen LogP) is 0.844. The SMILES string of the molecule is O=[N+]([O-])c1ccc(-n2[n-]o2)cc1[N+](=O)[O-]. The zero-order valence-electron chi connectivity index (χ0n) is 7.06. The van der Waals surface area contributed by atoms with Gasteiger partial charge in [-0.15, -0.1) is 0 Å². The Bertz CT molecular complexity index is 512. The molecule has 9 heteroatoms. The van der Waals surface area contributed by atoms with Crippen LogP contribution in [0.2, 0.25) is 0 Å². The highest BCUT2D eigenvalue weighted by molar-refractivity contribution is 5.57. The summed E-state index contributed by atoms with van der Waals surface area (Å²) in [6.45, 7) is 0. The normalized spacial score (nSPS) is 10.4. The second kappa shape index (κ2) is 2.97. The van der Waals surface area contributed by atoms with Gasteiger partial charge in [0.25, 0.3) is 0 Å². The Kier molecular flexibility index (Phi) is 1.78. The molecule has 0 N–H and O–H groups in total. The van der Waals surface area contributed by atoms with Crippen molar-refractivity contribution < 1.29 is 14.5 Å². The molecule has 0 saturated carbocycles. The topological polar surface area (TPSA) is 118 Å². The largest absolute Gasteiger partial charge is 0.454 e. The van der Waals surface area contributed by atoms with Crippen molar-refractivity contribution in [1.82, 2.24) is 10.1 Å². The lowest BCUT2D eigenvalue weighted by Crippen LogP contribution is -1.97. The average molecular weight is 211 g/mol. The molecule has 15 heavy (non-hydrogen) atoms. The first-order chi connectivity index (χ1) is 7.09. The van der Waals surface area contributed by atoms with Gasteiger partial charge in [0, 0.05) is 12.1 Å². The van der Waals surface area contributed by atoms with Crippen LogP contribution in [-0.2, 0) is 0 Å². The Balaban J connectivity index is 2.55. The van der Waals surface area contributed by atoms with Crippen molar-refractivity contribution in [3.8, 4) is 5.69 Å². The number of rotatable bonds is 3. The molecule has 0 saturated heterocycles. The third-order valence-electron chi connectivity index (χ3n) is 1.74. The van der Waals surface area contributed by atoms with E-state index in [4.69, 9.17) is 0 Å². The van der Waals surface area contributed by atoms with E-state index in [0.29, 0.717) is 0 Å². The van der Waals surface area contributed by atoms with Crippen LogP contribution >= 0.6 is 0 Å². The zero-order chi connectivity index (χ0) is 11.0. The summed E-state index contributed by atoms with van der Waals surface area (Å²) < 4.78 is 4.40. The number of hydrogen-bond acceptors (Lipinski definition) is 5. The van der Waals surface area contributed by atoms with Gasteiger partial charge in [0.2, 0.25) is 0 Å². The van der Waals surface area contributed by atoms with Gasteiger partial charge in [-0.2, -0.15) is 0 Å². The lowest BCUT2D eigenvalue weighted by atomic mass is 10.2. The maximum atomic E-state index is 10.5. The van der Waals surface area contributed by atoms with Gasteiger partial charge in [-0.05, 0) is 11.8 Å². The Labute approximate surface area is 81.1 Å². The maximum absolute atomic E-state index is 10.5. The van der Waals surface area contributed by atoms with E-state index >= 15 is 0 Å². The molecule has 0 radical (unpaired) electrons. The van der Waals surface area contributed by atoms with Crippen LogP contribution in [-0.4, -0.2) is 14.7 Å². The van der Waals surface area contributed by atoms with E-state index in [2.05, 4.69) is 9.90 Å². The Morgan fingerprint density at radius 3 is 2.27 bits per heavy atom. The number of nitro benzene ring substituents is 2. The van der Waals surface area contributed by atoms with Crippen molar-refractivity contribution in [2.75, 3.05) is 0 Å². The molecule has 9 nitrogen and oxygen atoms in total. The molecule has 0 aliphatic heterocycles. The van der Waals surface area contributed by atoms with Gasteiger partial charge >= 0.3 is 11.4 Å². The van der Waals surface area contributed by atoms with Gasteiger partial charge in [0.1, 0.15) is 0 Å². The van der Waals surface area contributed by atoms with E-state index in [1.54, 1.807) is 0 Å². The summed E-state index contributed by atoms with van der Waals surface area (Å²) in [7, 11) is 0. The fourth-order valence-electron chi connectivity index (χ4n) is 1.04. The van der Waals surface area contributed by atoms with Crippen LogP contribution in [0.1, 0.15) is 0 Å². The third kappa shape index (κ3) is 1.57. The molecule has 0 aliphatic rings. The van der Waals surface area contributed by atoms with Crippen molar-refractivity contribution >= 4 is 11.4 Å². The summed E-state index contributed by atoms with van der Waals surface area (Å²) >= 11 is 0. The minimum absolute atomic E-state index is 0.271. The van der Waals surface area contributed by atoms with Crippen LogP contribution < -0.4 is 5.27 Å². The van der Waals surface area contributed by atoms with E-state index in [-0.39, 0.29) is 5.69 Å². The van der Waals surface area contributed by atoms with E-state index in [1.807, 2.05) is 0 Å². The van der Waals surface area contributed by atoms with Gasteiger partial charge in [0.15, 0.2) is 0 Å². The predicted molar refractivity (Wildman–Crippen MR) is 44.7 cm³/mol. The van der Waals surface area contributed by atoms with Crippen molar-refractivity contribution in [2.45, 2.75) is 0 Å². The molecular weight excluding hydrogens is 208 g/mol. The summed E-state index contributed by atoms with van der Waals surface area (Å²) in [6, 6.07) is 3.36. The molecule has 1 aromatic carbocycles. The summed E-state index contributed by atoms with van der Waals surface area (Å²) in [5, 5.41) is 24.3. The van der Waals surface area contributed by atoms with Crippen molar-refractivity contribution in [1.29, 1.82) is 0 Å². The third-order valence-corrected chi connectivity index (χ3v) is 1.74. The summed E-state index contributed by atoms with van der Waals surface area (Å²) in [4.78, 5) is 20.4. The molecule has 0 amide bonds. The molecular formula is C6H3N4O5-. The van der Waals surface area contributed by atoms with Crippen molar-refractivity contribution in [2.24, 2.45) is 0 Å². The van der Waals surface area contributed by atoms with Gasteiger partial charge in [-0.3, -0.25) is 30.4 Å². The number of nitro groups is 2. The molecule has 1 aromatic heterocycles. The number of benzene rings is 1. The first-order valence-corrected chi connectivity index (χ1v) is 3.70. The highest BCUT2D eigenvalue weighted by atomic mass is 16.7. The smallest absolute Gasteiger partial charge is 0.346 e. The van der Waals surface area contributed by atoms with Crippen LogP contribution in [0, 0.1) is 20.2 Å². The zero-order valence-corrected chi connectivity index (χ0v) is 7.06. The van der Waals surface area contributed by atoms with Gasteiger partial charge in [-0.1, -0.05) is 0 Å². The van der Waals surface area contributed by atoms with Crippen LogP contribution in [0.4, 0.5) is 11.4 Å². The summed E-state index contributed by atoms with van der Waals surface area (Å²) in [5.74, 6) is 0. The molecule has 0 spiro atoms. The van der Waals surface area contributed by atoms with Gasteiger partial charge in [-0.25, -0.2) is 0 Å². The summed E-state index contributed by atoms with van der Waals surface area (Å²) in [6.07, 6.45) is 0. The number of hydrogen-bond donors (Lipinski definition) is 0. The molecule has 78 valence electrons.